The zero-order chi connectivity index (χ0) is 15.4. The van der Waals surface area contributed by atoms with Gasteiger partial charge in [-0.15, -0.1) is 11.8 Å². The largest absolute Gasteiger partial charge is 0.435 e. The summed E-state index contributed by atoms with van der Waals surface area (Å²) in [5.74, 6) is -0.195. The van der Waals surface area contributed by atoms with Crippen LogP contribution in [0.25, 0.3) is 0 Å². The number of thioether (sulfide) groups is 1. The number of hydrogen-bond acceptors (Lipinski definition) is 3. The molecule has 0 heterocycles. The maximum absolute atomic E-state index is 13.7. The minimum absolute atomic E-state index is 0.0257. The molecule has 2 rings (SSSR count). The summed E-state index contributed by atoms with van der Waals surface area (Å²) in [5.41, 5.74) is 6.25. The van der Waals surface area contributed by atoms with Crippen LogP contribution in [0.3, 0.4) is 0 Å². The standard InChI is InChI=1S/C14H11ClF3NOS/c15-9-1-3-12(20-14(17)18)8(5-9)7-21-13-4-2-10(19)6-11(13)16/h1-6,14H,7,19H2. The molecule has 0 unspecified atom stereocenters. The van der Waals surface area contributed by atoms with Gasteiger partial charge in [-0.05, 0) is 36.4 Å². The van der Waals surface area contributed by atoms with Crippen molar-refractivity contribution in [1.82, 2.24) is 0 Å². The Kier molecular flexibility index (Phi) is 5.25. The first-order valence-electron chi connectivity index (χ1n) is 5.87. The summed E-state index contributed by atoms with van der Waals surface area (Å²) in [6, 6.07) is 8.65. The monoisotopic (exact) mass is 333 g/mol. The molecule has 2 N–H and O–H groups in total. The number of nitrogens with two attached hydrogens (primary N) is 1. The molecule has 112 valence electrons. The Labute approximate surface area is 129 Å². The summed E-state index contributed by atoms with van der Waals surface area (Å²) in [5, 5.41) is 0.394. The predicted octanol–water partition coefficient (Wildman–Crippen LogP) is 4.96. The highest BCUT2D eigenvalue weighted by Gasteiger charge is 2.12. The number of anilines is 1. The second-order valence-electron chi connectivity index (χ2n) is 4.11. The fourth-order valence-corrected chi connectivity index (χ4v) is 2.75. The predicted molar refractivity (Wildman–Crippen MR) is 78.5 cm³/mol. The van der Waals surface area contributed by atoms with Gasteiger partial charge in [0, 0.05) is 26.9 Å². The number of alkyl halides is 2. The lowest BCUT2D eigenvalue weighted by Crippen LogP contribution is -2.04. The fraction of sp³-hybridized carbons (Fsp3) is 0.143. The molecule has 0 radical (unpaired) electrons. The van der Waals surface area contributed by atoms with E-state index in [9.17, 15) is 13.2 Å². The molecule has 0 aliphatic rings. The second-order valence-corrected chi connectivity index (χ2v) is 5.56. The van der Waals surface area contributed by atoms with Crippen LogP contribution in [0, 0.1) is 5.82 Å². The molecule has 0 atom stereocenters. The van der Waals surface area contributed by atoms with Crippen LogP contribution in [-0.2, 0) is 5.75 Å². The highest BCUT2D eigenvalue weighted by Crippen LogP contribution is 2.32. The molecule has 7 heteroatoms. The number of benzene rings is 2. The van der Waals surface area contributed by atoms with Crippen molar-refractivity contribution in [3.8, 4) is 5.75 Å². The Morgan fingerprint density at radius 3 is 2.62 bits per heavy atom. The smallest absolute Gasteiger partial charge is 0.387 e. The molecular formula is C14H11ClF3NOS. The Morgan fingerprint density at radius 1 is 1.19 bits per heavy atom. The molecule has 0 aliphatic heterocycles. The van der Waals surface area contributed by atoms with Crippen molar-refractivity contribution in [1.29, 1.82) is 0 Å². The average Bonchev–Trinajstić information content (AvgIpc) is 2.40. The zero-order valence-electron chi connectivity index (χ0n) is 10.7. The van der Waals surface area contributed by atoms with Gasteiger partial charge >= 0.3 is 6.61 Å². The lowest BCUT2D eigenvalue weighted by atomic mass is 10.2. The quantitative estimate of drug-likeness (QED) is 0.620. The molecule has 0 aliphatic carbocycles. The van der Waals surface area contributed by atoms with E-state index in [1.807, 2.05) is 0 Å². The van der Waals surface area contributed by atoms with Crippen LogP contribution in [-0.4, -0.2) is 6.61 Å². The average molecular weight is 334 g/mol. The molecule has 2 aromatic carbocycles. The Hall–Kier alpha value is -1.53. The third-order valence-corrected chi connectivity index (χ3v) is 3.91. The molecule has 2 nitrogen and oxygen atoms in total. The molecule has 0 spiro atoms. The summed E-state index contributed by atoms with van der Waals surface area (Å²) in [7, 11) is 0. The minimum Gasteiger partial charge on any atom is -0.435 e. The van der Waals surface area contributed by atoms with Gasteiger partial charge in [-0.25, -0.2) is 4.39 Å². The van der Waals surface area contributed by atoms with E-state index < -0.39 is 12.4 Å². The number of rotatable bonds is 5. The Balaban J connectivity index is 2.16. The van der Waals surface area contributed by atoms with E-state index in [0.717, 1.165) is 11.8 Å². The lowest BCUT2D eigenvalue weighted by molar-refractivity contribution is -0.0503. The van der Waals surface area contributed by atoms with Crippen LogP contribution in [0.1, 0.15) is 5.56 Å². The first kappa shape index (κ1) is 15.9. The number of hydrogen-bond donors (Lipinski definition) is 1. The summed E-state index contributed by atoms with van der Waals surface area (Å²) in [6.45, 7) is -2.93. The van der Waals surface area contributed by atoms with Crippen molar-refractivity contribution >= 4 is 29.1 Å². The Bertz CT molecular complexity index is 640. The first-order valence-corrected chi connectivity index (χ1v) is 7.23. The third kappa shape index (κ3) is 4.47. The van der Waals surface area contributed by atoms with E-state index >= 15 is 0 Å². The van der Waals surface area contributed by atoms with Gasteiger partial charge in [-0.1, -0.05) is 11.6 Å². The van der Waals surface area contributed by atoms with Crippen LogP contribution in [0.2, 0.25) is 5.02 Å². The van der Waals surface area contributed by atoms with E-state index in [0.29, 0.717) is 21.2 Å². The van der Waals surface area contributed by atoms with Gasteiger partial charge in [-0.2, -0.15) is 8.78 Å². The summed E-state index contributed by atoms with van der Waals surface area (Å²) < 4.78 is 42.8. The van der Waals surface area contributed by atoms with Gasteiger partial charge in [-0.3, -0.25) is 0 Å². The van der Waals surface area contributed by atoms with Gasteiger partial charge in [0.05, 0.1) is 0 Å². The Morgan fingerprint density at radius 2 is 1.95 bits per heavy atom. The molecule has 0 saturated carbocycles. The van der Waals surface area contributed by atoms with Crippen molar-refractivity contribution in [2.24, 2.45) is 0 Å². The molecule has 0 amide bonds. The molecule has 0 fully saturated rings. The summed E-state index contributed by atoms with van der Waals surface area (Å²) in [4.78, 5) is 0.368. The lowest BCUT2D eigenvalue weighted by Gasteiger charge is -2.11. The normalized spacial score (nSPS) is 10.9. The maximum Gasteiger partial charge on any atom is 0.387 e. The van der Waals surface area contributed by atoms with E-state index in [-0.39, 0.29) is 11.5 Å². The fourth-order valence-electron chi connectivity index (χ4n) is 1.66. The van der Waals surface area contributed by atoms with Crippen LogP contribution >= 0.6 is 23.4 Å². The summed E-state index contributed by atoms with van der Waals surface area (Å²) in [6.07, 6.45) is 0. The molecular weight excluding hydrogens is 323 g/mol. The van der Waals surface area contributed by atoms with Gasteiger partial charge in [0.15, 0.2) is 0 Å². The topological polar surface area (TPSA) is 35.2 Å². The molecule has 0 bridgehead atoms. The van der Waals surface area contributed by atoms with Crippen LogP contribution < -0.4 is 10.5 Å². The molecule has 0 aromatic heterocycles. The zero-order valence-corrected chi connectivity index (χ0v) is 12.2. The van der Waals surface area contributed by atoms with Crippen LogP contribution in [0.5, 0.6) is 5.75 Å². The van der Waals surface area contributed by atoms with Crippen molar-refractivity contribution < 1.29 is 17.9 Å². The van der Waals surface area contributed by atoms with E-state index in [1.54, 1.807) is 6.07 Å². The van der Waals surface area contributed by atoms with Gasteiger partial charge in [0.2, 0.25) is 0 Å². The summed E-state index contributed by atoms with van der Waals surface area (Å²) >= 11 is 6.99. The van der Waals surface area contributed by atoms with Crippen LogP contribution in [0.4, 0.5) is 18.9 Å². The number of nitrogen functional groups attached to an aromatic ring is 1. The minimum atomic E-state index is -2.93. The molecule has 21 heavy (non-hydrogen) atoms. The van der Waals surface area contributed by atoms with Crippen molar-refractivity contribution in [2.45, 2.75) is 17.3 Å². The van der Waals surface area contributed by atoms with Crippen LogP contribution in [0.15, 0.2) is 41.3 Å². The van der Waals surface area contributed by atoms with Crippen molar-refractivity contribution in [3.05, 3.63) is 52.8 Å². The van der Waals surface area contributed by atoms with E-state index in [2.05, 4.69) is 4.74 Å². The SMILES string of the molecule is Nc1ccc(SCc2cc(Cl)ccc2OC(F)F)c(F)c1. The van der Waals surface area contributed by atoms with Gasteiger partial charge < -0.3 is 10.5 Å². The maximum atomic E-state index is 13.7. The van der Waals surface area contributed by atoms with Crippen molar-refractivity contribution in [3.63, 3.8) is 0 Å². The number of halogens is 4. The van der Waals surface area contributed by atoms with Gasteiger partial charge in [0.25, 0.3) is 0 Å². The highest BCUT2D eigenvalue weighted by atomic mass is 35.5. The number of ether oxygens (including phenoxy) is 1. The van der Waals surface area contributed by atoms with Crippen molar-refractivity contribution in [2.75, 3.05) is 5.73 Å². The molecule has 0 saturated heterocycles. The van der Waals surface area contributed by atoms with E-state index in [1.165, 1.54) is 30.3 Å². The molecule has 2 aromatic rings. The highest BCUT2D eigenvalue weighted by molar-refractivity contribution is 7.98. The third-order valence-electron chi connectivity index (χ3n) is 2.58. The van der Waals surface area contributed by atoms with Gasteiger partial charge in [0.1, 0.15) is 11.6 Å². The second kappa shape index (κ2) is 6.95. The first-order chi connectivity index (χ1) is 9.95. The van der Waals surface area contributed by atoms with E-state index in [4.69, 9.17) is 17.3 Å².